The Morgan fingerprint density at radius 3 is 2.33 bits per heavy atom. The molecular formula is C28H37N5O7. The van der Waals surface area contributed by atoms with E-state index < -0.39 is 35.3 Å². The molecule has 12 nitrogen and oxygen atoms in total. The van der Waals surface area contributed by atoms with Crippen molar-refractivity contribution in [3.05, 3.63) is 64.6 Å². The van der Waals surface area contributed by atoms with Gasteiger partial charge >= 0.3 is 6.09 Å². The van der Waals surface area contributed by atoms with Crippen LogP contribution < -0.4 is 26.8 Å². The van der Waals surface area contributed by atoms with Gasteiger partial charge in [0.05, 0.1) is 0 Å². The van der Waals surface area contributed by atoms with E-state index in [0.717, 1.165) is 23.0 Å². The first kappa shape index (κ1) is 31.7. The van der Waals surface area contributed by atoms with Crippen LogP contribution in [0.5, 0.6) is 0 Å². The molecule has 0 unspecified atom stereocenters. The molecule has 0 aliphatic carbocycles. The minimum absolute atomic E-state index is 0.0547. The number of ketones is 1. The maximum absolute atomic E-state index is 13.1. The van der Waals surface area contributed by atoms with Crippen molar-refractivity contribution in [2.24, 2.45) is 5.92 Å². The van der Waals surface area contributed by atoms with Crippen LogP contribution in [-0.2, 0) is 37.1 Å². The molecule has 1 aromatic heterocycles. The van der Waals surface area contributed by atoms with Crippen LogP contribution in [0, 0.1) is 5.92 Å². The van der Waals surface area contributed by atoms with Gasteiger partial charge in [-0.05, 0) is 30.0 Å². The third kappa shape index (κ3) is 10.4. The fourth-order valence-electron chi connectivity index (χ4n) is 3.73. The first-order valence-electron chi connectivity index (χ1n) is 13.2. The molecule has 4 N–H and O–H groups in total. The average molecular weight is 556 g/mol. The Balaban J connectivity index is 2.10. The van der Waals surface area contributed by atoms with Gasteiger partial charge in [-0.2, -0.15) is 0 Å². The van der Waals surface area contributed by atoms with Gasteiger partial charge < -0.3 is 30.6 Å². The van der Waals surface area contributed by atoms with Gasteiger partial charge in [0.25, 0.3) is 11.5 Å². The molecule has 40 heavy (non-hydrogen) atoms. The lowest BCUT2D eigenvalue weighted by Crippen LogP contribution is -2.45. The number of aromatic nitrogens is 1. The van der Waals surface area contributed by atoms with Gasteiger partial charge in [-0.15, -0.1) is 0 Å². The largest absolute Gasteiger partial charge is 0.445 e. The summed E-state index contributed by atoms with van der Waals surface area (Å²) in [6.45, 7) is 4.28. The zero-order valence-electron chi connectivity index (χ0n) is 23.0. The van der Waals surface area contributed by atoms with E-state index in [2.05, 4.69) is 21.3 Å². The van der Waals surface area contributed by atoms with Gasteiger partial charge in [-0.25, -0.2) is 4.79 Å². The van der Waals surface area contributed by atoms with Crippen molar-refractivity contribution in [3.63, 3.8) is 0 Å². The molecular weight excluding hydrogens is 518 g/mol. The van der Waals surface area contributed by atoms with E-state index in [-0.39, 0.29) is 37.6 Å². The molecule has 2 rings (SSSR count). The lowest BCUT2D eigenvalue weighted by Gasteiger charge is -2.18. The van der Waals surface area contributed by atoms with Crippen molar-refractivity contribution >= 4 is 35.3 Å². The number of Topliss-reactive ketones (excluding diaryl/α,β-unsaturated/α-hetero) is 1. The molecule has 0 saturated heterocycles. The normalized spacial score (nSPS) is 11.3. The summed E-state index contributed by atoms with van der Waals surface area (Å²) in [5.41, 5.74) is -0.0232. The molecule has 1 heterocycles. The number of benzene rings is 1. The van der Waals surface area contributed by atoms with Crippen molar-refractivity contribution in [2.75, 3.05) is 18.9 Å². The van der Waals surface area contributed by atoms with Crippen molar-refractivity contribution < 1.29 is 28.7 Å². The Hall–Kier alpha value is -4.48. The quantitative estimate of drug-likeness (QED) is 0.243. The molecule has 0 aliphatic rings. The van der Waals surface area contributed by atoms with Gasteiger partial charge in [0.1, 0.15) is 24.9 Å². The summed E-state index contributed by atoms with van der Waals surface area (Å²) in [5, 5.41) is 9.87. The zero-order valence-corrected chi connectivity index (χ0v) is 23.0. The fraction of sp³-hybridized carbons (Fsp3) is 0.429. The van der Waals surface area contributed by atoms with Crippen LogP contribution >= 0.6 is 0 Å². The summed E-state index contributed by atoms with van der Waals surface area (Å²) in [7, 11) is 1.30. The first-order chi connectivity index (χ1) is 19.2. The lowest BCUT2D eigenvalue weighted by atomic mass is 10.0. The summed E-state index contributed by atoms with van der Waals surface area (Å²) < 4.78 is 6.33. The second-order valence-corrected chi connectivity index (χ2v) is 9.13. The zero-order chi connectivity index (χ0) is 29.5. The number of hydrogen-bond donors (Lipinski definition) is 4. The standard InChI is InChI=1S/C28H37N5O7/c1-4-19(5-2)16-30-24(35)17-33-15-9-12-22(27(33)38)31-25(36)21(13-14-23(34)26(37)29-3)32-28(39)40-18-20-10-7-6-8-11-20/h6-12,15,19,21H,4-5,13-14,16-18H2,1-3H3,(H,29,37)(H,30,35)(H,31,36)(H,32,39)/t21-/m0/s1. The molecule has 216 valence electrons. The number of anilines is 1. The molecule has 12 heteroatoms. The van der Waals surface area contributed by atoms with Gasteiger partial charge in [0, 0.05) is 26.2 Å². The Kier molecular flexibility index (Phi) is 13.1. The highest BCUT2D eigenvalue weighted by molar-refractivity contribution is 6.36. The Morgan fingerprint density at radius 2 is 1.68 bits per heavy atom. The van der Waals surface area contributed by atoms with E-state index in [0.29, 0.717) is 12.5 Å². The summed E-state index contributed by atoms with van der Waals surface area (Å²) in [6, 6.07) is 10.4. The van der Waals surface area contributed by atoms with Gasteiger partial charge in [-0.1, -0.05) is 57.0 Å². The monoisotopic (exact) mass is 555 g/mol. The maximum Gasteiger partial charge on any atom is 0.408 e. The minimum atomic E-state index is -1.30. The molecule has 0 saturated carbocycles. The van der Waals surface area contributed by atoms with Crippen molar-refractivity contribution in [2.45, 2.75) is 58.7 Å². The molecule has 4 amide bonds. The molecule has 0 aliphatic heterocycles. The van der Waals surface area contributed by atoms with Gasteiger partial charge in [0.15, 0.2) is 0 Å². The predicted molar refractivity (Wildman–Crippen MR) is 148 cm³/mol. The Bertz CT molecular complexity index is 1230. The highest BCUT2D eigenvalue weighted by Gasteiger charge is 2.25. The second kappa shape index (κ2) is 16.5. The molecule has 0 fully saturated rings. The van der Waals surface area contributed by atoms with Gasteiger partial charge in [-0.3, -0.25) is 24.0 Å². The maximum atomic E-state index is 13.1. The molecule has 2 aromatic rings. The van der Waals surface area contributed by atoms with Gasteiger partial charge in [0.2, 0.25) is 17.6 Å². The number of likely N-dealkylation sites (N-methyl/N-ethyl adjacent to an activating group) is 1. The van der Waals surface area contributed by atoms with Crippen LogP contribution in [0.25, 0.3) is 0 Å². The number of nitrogens with zero attached hydrogens (tertiary/aromatic N) is 1. The Morgan fingerprint density at radius 1 is 0.975 bits per heavy atom. The smallest absolute Gasteiger partial charge is 0.408 e. The highest BCUT2D eigenvalue weighted by Crippen LogP contribution is 2.08. The first-order valence-corrected chi connectivity index (χ1v) is 13.2. The number of amides is 4. The highest BCUT2D eigenvalue weighted by atomic mass is 16.5. The molecule has 1 atom stereocenters. The Labute approximate surface area is 232 Å². The fourth-order valence-corrected chi connectivity index (χ4v) is 3.73. The number of pyridine rings is 1. The lowest BCUT2D eigenvalue weighted by molar-refractivity contribution is -0.137. The van der Waals surface area contributed by atoms with E-state index in [1.807, 2.05) is 19.9 Å². The second-order valence-electron chi connectivity index (χ2n) is 9.13. The number of rotatable bonds is 15. The number of carbonyl (C=O) groups excluding carboxylic acids is 5. The van der Waals surface area contributed by atoms with Crippen LogP contribution in [0.2, 0.25) is 0 Å². The molecule has 0 bridgehead atoms. The summed E-state index contributed by atoms with van der Waals surface area (Å²) in [5.74, 6) is -2.41. The SMILES string of the molecule is CCC(CC)CNC(=O)Cn1cccc(NC(=O)[C@H](CCC(=O)C(=O)NC)NC(=O)OCc2ccccc2)c1=O. The predicted octanol–water partition coefficient (Wildman–Crippen LogP) is 1.73. The topological polar surface area (TPSA) is 165 Å². The third-order valence-electron chi connectivity index (χ3n) is 6.30. The summed E-state index contributed by atoms with van der Waals surface area (Å²) >= 11 is 0. The minimum Gasteiger partial charge on any atom is -0.445 e. The van der Waals surface area contributed by atoms with Crippen LogP contribution in [0.1, 0.15) is 45.1 Å². The van der Waals surface area contributed by atoms with Crippen molar-refractivity contribution in [1.29, 1.82) is 0 Å². The average Bonchev–Trinajstić information content (AvgIpc) is 2.96. The van der Waals surface area contributed by atoms with E-state index in [1.165, 1.54) is 25.4 Å². The summed E-state index contributed by atoms with van der Waals surface area (Å²) in [4.78, 5) is 74.4. The molecule has 1 aromatic carbocycles. The van der Waals surface area contributed by atoms with Crippen LogP contribution in [-0.4, -0.2) is 53.8 Å². The number of carbonyl (C=O) groups is 5. The van der Waals surface area contributed by atoms with E-state index in [1.54, 1.807) is 24.3 Å². The molecule has 0 radical (unpaired) electrons. The van der Waals surface area contributed by atoms with Crippen molar-refractivity contribution in [3.8, 4) is 0 Å². The van der Waals surface area contributed by atoms with Crippen LogP contribution in [0.4, 0.5) is 10.5 Å². The third-order valence-corrected chi connectivity index (χ3v) is 6.30. The number of alkyl carbamates (subject to hydrolysis) is 1. The van der Waals surface area contributed by atoms with E-state index in [4.69, 9.17) is 4.74 Å². The molecule has 0 spiro atoms. The van der Waals surface area contributed by atoms with E-state index >= 15 is 0 Å². The van der Waals surface area contributed by atoms with Crippen LogP contribution in [0.3, 0.4) is 0 Å². The van der Waals surface area contributed by atoms with Crippen molar-refractivity contribution in [1.82, 2.24) is 20.5 Å². The number of hydrogen-bond acceptors (Lipinski definition) is 7. The van der Waals surface area contributed by atoms with E-state index in [9.17, 15) is 28.8 Å². The number of ether oxygens (including phenoxy) is 1. The summed E-state index contributed by atoms with van der Waals surface area (Å²) in [6.07, 6.45) is 1.78. The van der Waals surface area contributed by atoms with Crippen LogP contribution in [0.15, 0.2) is 53.5 Å². The number of nitrogens with one attached hydrogen (secondary N) is 4.